The van der Waals surface area contributed by atoms with Gasteiger partial charge in [-0.2, -0.15) is 0 Å². The SMILES string of the molecule is CCc1c(OC2CC2)cccc1C(=O)O. The average molecular weight is 206 g/mol. The highest BCUT2D eigenvalue weighted by Crippen LogP contribution is 2.30. The van der Waals surface area contributed by atoms with E-state index in [4.69, 9.17) is 9.84 Å². The zero-order chi connectivity index (χ0) is 10.8. The Bertz CT molecular complexity index is 380. The predicted octanol–water partition coefficient (Wildman–Crippen LogP) is 2.49. The van der Waals surface area contributed by atoms with E-state index in [-0.39, 0.29) is 0 Å². The summed E-state index contributed by atoms with van der Waals surface area (Å²) in [5.74, 6) is -0.145. The topological polar surface area (TPSA) is 46.5 Å². The molecular weight excluding hydrogens is 192 g/mol. The molecule has 0 radical (unpaired) electrons. The fraction of sp³-hybridized carbons (Fsp3) is 0.417. The van der Waals surface area contributed by atoms with Gasteiger partial charge in [0.15, 0.2) is 0 Å². The molecule has 15 heavy (non-hydrogen) atoms. The molecule has 1 aliphatic rings. The van der Waals surface area contributed by atoms with Crippen LogP contribution in [-0.2, 0) is 6.42 Å². The maximum atomic E-state index is 11.0. The lowest BCUT2D eigenvalue weighted by Gasteiger charge is -2.11. The summed E-state index contributed by atoms with van der Waals surface area (Å²) in [7, 11) is 0. The third-order valence-corrected chi connectivity index (χ3v) is 2.54. The molecular formula is C12H14O3. The number of benzene rings is 1. The third kappa shape index (κ3) is 2.12. The Morgan fingerprint density at radius 2 is 2.27 bits per heavy atom. The molecule has 3 nitrogen and oxygen atoms in total. The van der Waals surface area contributed by atoms with E-state index in [9.17, 15) is 4.79 Å². The summed E-state index contributed by atoms with van der Waals surface area (Å²) in [4.78, 5) is 11.0. The van der Waals surface area contributed by atoms with E-state index in [2.05, 4.69) is 0 Å². The molecule has 1 saturated carbocycles. The lowest BCUT2D eigenvalue weighted by atomic mass is 10.0. The number of rotatable bonds is 4. The van der Waals surface area contributed by atoms with Gasteiger partial charge in [0.1, 0.15) is 5.75 Å². The highest BCUT2D eigenvalue weighted by Gasteiger charge is 2.25. The van der Waals surface area contributed by atoms with Crippen molar-refractivity contribution in [2.45, 2.75) is 32.3 Å². The smallest absolute Gasteiger partial charge is 0.336 e. The maximum absolute atomic E-state index is 11.0. The highest BCUT2D eigenvalue weighted by molar-refractivity contribution is 5.90. The van der Waals surface area contributed by atoms with Crippen molar-refractivity contribution >= 4 is 5.97 Å². The van der Waals surface area contributed by atoms with Crippen molar-refractivity contribution in [3.05, 3.63) is 29.3 Å². The fourth-order valence-electron chi connectivity index (χ4n) is 1.61. The monoisotopic (exact) mass is 206 g/mol. The second kappa shape index (κ2) is 3.93. The number of hydrogen-bond donors (Lipinski definition) is 1. The van der Waals surface area contributed by atoms with Gasteiger partial charge in [0.05, 0.1) is 11.7 Å². The molecule has 0 aromatic heterocycles. The lowest BCUT2D eigenvalue weighted by Crippen LogP contribution is -2.06. The van der Waals surface area contributed by atoms with Gasteiger partial charge in [-0.15, -0.1) is 0 Å². The van der Waals surface area contributed by atoms with E-state index in [0.717, 1.165) is 24.2 Å². The van der Waals surface area contributed by atoms with Gasteiger partial charge >= 0.3 is 5.97 Å². The van der Waals surface area contributed by atoms with Crippen LogP contribution in [0.5, 0.6) is 5.75 Å². The molecule has 1 aromatic rings. The largest absolute Gasteiger partial charge is 0.490 e. The number of hydrogen-bond acceptors (Lipinski definition) is 2. The average Bonchev–Trinajstić information content (AvgIpc) is 3.01. The summed E-state index contributed by atoms with van der Waals surface area (Å²) >= 11 is 0. The zero-order valence-corrected chi connectivity index (χ0v) is 8.69. The minimum absolute atomic E-state index is 0.305. The van der Waals surface area contributed by atoms with E-state index in [1.165, 1.54) is 0 Å². The Morgan fingerprint density at radius 3 is 2.80 bits per heavy atom. The van der Waals surface area contributed by atoms with E-state index < -0.39 is 5.97 Å². The van der Waals surface area contributed by atoms with Gasteiger partial charge in [-0.25, -0.2) is 4.79 Å². The van der Waals surface area contributed by atoms with Crippen LogP contribution in [0.3, 0.4) is 0 Å². The van der Waals surface area contributed by atoms with Crippen LogP contribution < -0.4 is 4.74 Å². The van der Waals surface area contributed by atoms with Crippen molar-refractivity contribution in [3.63, 3.8) is 0 Å². The molecule has 0 amide bonds. The van der Waals surface area contributed by atoms with Crippen molar-refractivity contribution in [3.8, 4) is 5.75 Å². The first kappa shape index (κ1) is 10.0. The second-order valence-corrected chi connectivity index (χ2v) is 3.76. The molecule has 0 saturated heterocycles. The van der Waals surface area contributed by atoms with Crippen LogP contribution in [0.1, 0.15) is 35.7 Å². The number of ether oxygens (including phenoxy) is 1. The number of aromatic carboxylic acids is 1. The quantitative estimate of drug-likeness (QED) is 0.823. The molecule has 0 aliphatic heterocycles. The molecule has 0 atom stereocenters. The summed E-state index contributed by atoms with van der Waals surface area (Å²) < 4.78 is 5.67. The minimum Gasteiger partial charge on any atom is -0.490 e. The normalized spacial score (nSPS) is 15.0. The minimum atomic E-state index is -0.881. The fourth-order valence-corrected chi connectivity index (χ4v) is 1.61. The molecule has 0 heterocycles. The van der Waals surface area contributed by atoms with Gasteiger partial charge in [-0.3, -0.25) is 0 Å². The third-order valence-electron chi connectivity index (χ3n) is 2.54. The summed E-state index contributed by atoms with van der Waals surface area (Å²) in [5.41, 5.74) is 1.16. The molecule has 1 aliphatic carbocycles. The van der Waals surface area contributed by atoms with Gasteiger partial charge in [-0.1, -0.05) is 13.0 Å². The Morgan fingerprint density at radius 1 is 1.53 bits per heavy atom. The van der Waals surface area contributed by atoms with Crippen LogP contribution in [-0.4, -0.2) is 17.2 Å². The van der Waals surface area contributed by atoms with Crippen LogP contribution in [0, 0.1) is 0 Å². The standard InChI is InChI=1S/C12H14O3/c1-2-9-10(12(13)14)4-3-5-11(9)15-8-6-7-8/h3-5,8H,2,6-7H2,1H3,(H,13,14). The molecule has 2 rings (SSSR count). The van der Waals surface area contributed by atoms with Gasteiger partial charge in [0.2, 0.25) is 0 Å². The van der Waals surface area contributed by atoms with Crippen LogP contribution in [0.2, 0.25) is 0 Å². The Labute approximate surface area is 88.7 Å². The molecule has 0 spiro atoms. The van der Waals surface area contributed by atoms with Crippen LogP contribution in [0.25, 0.3) is 0 Å². The highest BCUT2D eigenvalue weighted by atomic mass is 16.5. The van der Waals surface area contributed by atoms with E-state index >= 15 is 0 Å². The van der Waals surface area contributed by atoms with Gasteiger partial charge in [-0.05, 0) is 31.4 Å². The predicted molar refractivity (Wildman–Crippen MR) is 56.4 cm³/mol. The Hall–Kier alpha value is -1.51. The summed E-state index contributed by atoms with van der Waals surface area (Å²) in [5, 5.41) is 9.02. The lowest BCUT2D eigenvalue weighted by molar-refractivity contribution is 0.0695. The van der Waals surface area contributed by atoms with Crippen molar-refractivity contribution in [1.82, 2.24) is 0 Å². The first-order chi connectivity index (χ1) is 7.22. The first-order valence-electron chi connectivity index (χ1n) is 5.24. The van der Waals surface area contributed by atoms with Crippen molar-refractivity contribution in [1.29, 1.82) is 0 Å². The maximum Gasteiger partial charge on any atom is 0.336 e. The van der Waals surface area contributed by atoms with Gasteiger partial charge in [0, 0.05) is 5.56 Å². The van der Waals surface area contributed by atoms with Crippen molar-refractivity contribution in [2.24, 2.45) is 0 Å². The van der Waals surface area contributed by atoms with E-state index in [1.54, 1.807) is 12.1 Å². The van der Waals surface area contributed by atoms with Gasteiger partial charge < -0.3 is 9.84 Å². The van der Waals surface area contributed by atoms with Crippen molar-refractivity contribution in [2.75, 3.05) is 0 Å². The summed E-state index contributed by atoms with van der Waals surface area (Å²) in [6, 6.07) is 5.21. The zero-order valence-electron chi connectivity index (χ0n) is 8.69. The second-order valence-electron chi connectivity index (χ2n) is 3.76. The number of carboxylic acid groups (broad SMARTS) is 1. The summed E-state index contributed by atoms with van der Waals surface area (Å²) in [6.07, 6.45) is 3.16. The van der Waals surface area contributed by atoms with Crippen LogP contribution in [0.15, 0.2) is 18.2 Å². The van der Waals surface area contributed by atoms with Gasteiger partial charge in [0.25, 0.3) is 0 Å². The number of carbonyl (C=O) groups is 1. The number of carboxylic acids is 1. The molecule has 0 bridgehead atoms. The first-order valence-corrected chi connectivity index (χ1v) is 5.24. The van der Waals surface area contributed by atoms with E-state index in [1.807, 2.05) is 13.0 Å². The molecule has 1 N–H and O–H groups in total. The molecule has 0 unspecified atom stereocenters. The molecule has 1 fully saturated rings. The Kier molecular flexibility index (Phi) is 2.62. The Balaban J connectivity index is 2.34. The summed E-state index contributed by atoms with van der Waals surface area (Å²) in [6.45, 7) is 1.95. The van der Waals surface area contributed by atoms with Crippen molar-refractivity contribution < 1.29 is 14.6 Å². The molecule has 3 heteroatoms. The van der Waals surface area contributed by atoms with E-state index in [0.29, 0.717) is 18.1 Å². The molecule has 1 aromatic carbocycles. The molecule has 80 valence electrons. The van der Waals surface area contributed by atoms with Crippen LogP contribution >= 0.6 is 0 Å². The van der Waals surface area contributed by atoms with Crippen LogP contribution in [0.4, 0.5) is 0 Å².